The molecule has 7 nitrogen and oxygen atoms in total. The first-order valence-electron chi connectivity index (χ1n) is 9.37. The lowest BCUT2D eigenvalue weighted by atomic mass is 9.99. The van der Waals surface area contributed by atoms with Crippen molar-refractivity contribution in [1.82, 2.24) is 19.6 Å². The Morgan fingerprint density at radius 3 is 2.52 bits per heavy atom. The summed E-state index contributed by atoms with van der Waals surface area (Å²) in [7, 11) is 0. The predicted molar refractivity (Wildman–Crippen MR) is 105 cm³/mol. The molecule has 0 aliphatic carbocycles. The highest BCUT2D eigenvalue weighted by Gasteiger charge is 2.17. The Labute approximate surface area is 158 Å². The maximum Gasteiger partial charge on any atom is 0.295 e. The summed E-state index contributed by atoms with van der Waals surface area (Å²) in [4.78, 5) is 23.5. The van der Waals surface area contributed by atoms with E-state index >= 15 is 0 Å². The molecule has 1 aliphatic heterocycles. The molecule has 0 radical (unpaired) electrons. The summed E-state index contributed by atoms with van der Waals surface area (Å²) >= 11 is 0. The molecular formula is C20H24N6O. The summed E-state index contributed by atoms with van der Waals surface area (Å²) in [5.74, 6) is 1.02. The lowest BCUT2D eigenvalue weighted by Gasteiger charge is -2.32. The van der Waals surface area contributed by atoms with E-state index in [9.17, 15) is 4.79 Å². The third-order valence-electron chi connectivity index (χ3n) is 5.10. The van der Waals surface area contributed by atoms with Crippen LogP contribution in [0.1, 0.15) is 41.8 Å². The molecule has 1 amide bonds. The van der Waals surface area contributed by atoms with Crippen molar-refractivity contribution in [3.05, 3.63) is 47.5 Å². The van der Waals surface area contributed by atoms with Gasteiger partial charge in [0, 0.05) is 35.9 Å². The minimum atomic E-state index is -0.336. The Balaban J connectivity index is 1.47. The number of nitrogens with one attached hydrogen (secondary N) is 1. The Morgan fingerprint density at radius 1 is 1.11 bits per heavy atom. The van der Waals surface area contributed by atoms with Crippen LogP contribution in [0.3, 0.4) is 0 Å². The summed E-state index contributed by atoms with van der Waals surface area (Å²) in [5.41, 5.74) is 3.67. The first-order valence-corrected chi connectivity index (χ1v) is 9.37. The van der Waals surface area contributed by atoms with Gasteiger partial charge in [-0.05, 0) is 62.9 Å². The molecule has 27 heavy (non-hydrogen) atoms. The average molecular weight is 364 g/mol. The molecule has 7 heteroatoms. The zero-order valence-corrected chi connectivity index (χ0v) is 15.9. The van der Waals surface area contributed by atoms with Crippen LogP contribution in [0.2, 0.25) is 0 Å². The van der Waals surface area contributed by atoms with E-state index in [4.69, 9.17) is 0 Å². The molecule has 1 N–H and O–H groups in total. The molecule has 0 unspecified atom stereocenters. The lowest BCUT2D eigenvalue weighted by molar-refractivity contribution is 0.101. The van der Waals surface area contributed by atoms with Gasteiger partial charge >= 0.3 is 0 Å². The van der Waals surface area contributed by atoms with Crippen LogP contribution in [0.15, 0.2) is 30.3 Å². The minimum absolute atomic E-state index is 0.116. The zero-order chi connectivity index (χ0) is 19.0. The fourth-order valence-electron chi connectivity index (χ4n) is 3.47. The van der Waals surface area contributed by atoms with Gasteiger partial charge in [0.05, 0.1) is 0 Å². The van der Waals surface area contributed by atoms with Crippen molar-refractivity contribution < 1.29 is 4.79 Å². The Bertz CT molecular complexity index is 970. The summed E-state index contributed by atoms with van der Waals surface area (Å²) < 4.78 is 1.59. The number of aryl methyl sites for hydroxylation is 2. The monoisotopic (exact) mass is 364 g/mol. The van der Waals surface area contributed by atoms with E-state index in [0.717, 1.165) is 36.1 Å². The highest BCUT2D eigenvalue weighted by molar-refractivity contribution is 6.01. The summed E-state index contributed by atoms with van der Waals surface area (Å²) in [5, 5.41) is 7.14. The van der Waals surface area contributed by atoms with Crippen molar-refractivity contribution >= 4 is 23.1 Å². The molecule has 3 aromatic rings. The van der Waals surface area contributed by atoms with E-state index < -0.39 is 0 Å². The van der Waals surface area contributed by atoms with Gasteiger partial charge in [-0.3, -0.25) is 4.79 Å². The molecule has 3 heterocycles. The average Bonchev–Trinajstić information content (AvgIpc) is 3.08. The molecule has 1 fully saturated rings. The topological polar surface area (TPSA) is 75.4 Å². The summed E-state index contributed by atoms with van der Waals surface area (Å²) in [6.07, 6.45) is 2.45. The molecule has 1 saturated heterocycles. The highest BCUT2D eigenvalue weighted by Crippen LogP contribution is 2.24. The second-order valence-corrected chi connectivity index (χ2v) is 7.36. The van der Waals surface area contributed by atoms with E-state index in [0.29, 0.717) is 5.78 Å². The number of aromatic nitrogens is 4. The maximum absolute atomic E-state index is 12.5. The van der Waals surface area contributed by atoms with Crippen molar-refractivity contribution in [3.8, 4) is 0 Å². The van der Waals surface area contributed by atoms with E-state index in [1.807, 2.05) is 32.0 Å². The van der Waals surface area contributed by atoms with Gasteiger partial charge in [-0.25, -0.2) is 9.50 Å². The smallest absolute Gasteiger partial charge is 0.295 e. The number of benzene rings is 1. The highest BCUT2D eigenvalue weighted by atomic mass is 16.2. The van der Waals surface area contributed by atoms with Crippen LogP contribution in [-0.2, 0) is 0 Å². The van der Waals surface area contributed by atoms with Crippen molar-refractivity contribution in [2.45, 2.75) is 33.6 Å². The van der Waals surface area contributed by atoms with Crippen molar-refractivity contribution in [2.75, 3.05) is 23.3 Å². The van der Waals surface area contributed by atoms with Gasteiger partial charge in [0.15, 0.2) is 0 Å². The van der Waals surface area contributed by atoms with Gasteiger partial charge in [-0.1, -0.05) is 6.92 Å². The minimum Gasteiger partial charge on any atom is -0.372 e. The van der Waals surface area contributed by atoms with Gasteiger partial charge in [-0.15, -0.1) is 5.10 Å². The van der Waals surface area contributed by atoms with Gasteiger partial charge in [0.2, 0.25) is 5.82 Å². The van der Waals surface area contributed by atoms with Crippen LogP contribution in [0.25, 0.3) is 5.78 Å². The van der Waals surface area contributed by atoms with E-state index in [1.165, 1.54) is 18.5 Å². The largest absolute Gasteiger partial charge is 0.372 e. The molecule has 1 aliphatic rings. The standard InChI is InChI=1S/C20H24N6O/c1-13-8-10-25(11-9-13)17-6-4-16(5-7-17)22-19(27)18-23-20-21-14(2)12-15(3)26(20)24-18/h4-7,12-13H,8-11H2,1-3H3,(H,22,27). The normalized spacial score (nSPS) is 15.3. The molecule has 140 valence electrons. The van der Waals surface area contributed by atoms with Gasteiger partial charge in [-0.2, -0.15) is 4.98 Å². The number of hydrogen-bond acceptors (Lipinski definition) is 5. The first kappa shape index (κ1) is 17.5. The van der Waals surface area contributed by atoms with E-state index in [2.05, 4.69) is 44.3 Å². The van der Waals surface area contributed by atoms with Crippen LogP contribution >= 0.6 is 0 Å². The van der Waals surface area contributed by atoms with E-state index in [1.54, 1.807) is 4.52 Å². The summed E-state index contributed by atoms with van der Waals surface area (Å²) in [6.45, 7) is 8.29. The second kappa shape index (κ2) is 6.98. The molecule has 0 saturated carbocycles. The Morgan fingerprint density at radius 2 is 1.81 bits per heavy atom. The van der Waals surface area contributed by atoms with Crippen molar-refractivity contribution in [1.29, 1.82) is 0 Å². The third kappa shape index (κ3) is 3.63. The predicted octanol–water partition coefficient (Wildman–Crippen LogP) is 3.23. The number of fused-ring (bicyclic) bond motifs is 1. The number of piperidine rings is 1. The molecular weight excluding hydrogens is 340 g/mol. The SMILES string of the molecule is Cc1cc(C)n2nc(C(=O)Nc3ccc(N4CCC(C)CC4)cc3)nc2n1. The second-order valence-electron chi connectivity index (χ2n) is 7.36. The number of carbonyl (C=O) groups excluding carboxylic acids is 1. The van der Waals surface area contributed by atoms with Gasteiger partial charge in [0.25, 0.3) is 11.7 Å². The molecule has 0 atom stereocenters. The van der Waals surface area contributed by atoms with Crippen molar-refractivity contribution in [2.24, 2.45) is 5.92 Å². The molecule has 0 spiro atoms. The van der Waals surface area contributed by atoms with Crippen LogP contribution < -0.4 is 10.2 Å². The molecule has 2 aromatic heterocycles. The van der Waals surface area contributed by atoms with Crippen LogP contribution in [0, 0.1) is 19.8 Å². The quantitative estimate of drug-likeness (QED) is 0.772. The van der Waals surface area contributed by atoms with Gasteiger partial charge in [0.1, 0.15) is 0 Å². The number of nitrogens with zero attached hydrogens (tertiary/aromatic N) is 5. The number of amides is 1. The fourth-order valence-corrected chi connectivity index (χ4v) is 3.47. The molecule has 1 aromatic carbocycles. The van der Waals surface area contributed by atoms with E-state index in [-0.39, 0.29) is 11.7 Å². The Hall–Kier alpha value is -2.96. The number of carbonyl (C=O) groups is 1. The first-order chi connectivity index (χ1) is 13.0. The fraction of sp³-hybridized carbons (Fsp3) is 0.400. The third-order valence-corrected chi connectivity index (χ3v) is 5.10. The van der Waals surface area contributed by atoms with Crippen LogP contribution in [-0.4, -0.2) is 38.6 Å². The number of anilines is 2. The van der Waals surface area contributed by atoms with Crippen LogP contribution in [0.4, 0.5) is 11.4 Å². The molecule has 0 bridgehead atoms. The Kier molecular flexibility index (Phi) is 4.51. The lowest BCUT2D eigenvalue weighted by Crippen LogP contribution is -2.32. The molecule has 4 rings (SSSR count). The number of rotatable bonds is 3. The van der Waals surface area contributed by atoms with Crippen LogP contribution in [0.5, 0.6) is 0 Å². The van der Waals surface area contributed by atoms with Crippen molar-refractivity contribution in [3.63, 3.8) is 0 Å². The summed E-state index contributed by atoms with van der Waals surface area (Å²) in [6, 6.07) is 9.86. The zero-order valence-electron chi connectivity index (χ0n) is 15.9. The van der Waals surface area contributed by atoms with Gasteiger partial charge < -0.3 is 10.2 Å². The maximum atomic E-state index is 12.5. The number of hydrogen-bond donors (Lipinski definition) is 1.